The first-order valence-corrected chi connectivity index (χ1v) is 8.76. The van der Waals surface area contributed by atoms with E-state index in [1.165, 1.54) is 38.5 Å². The average Bonchev–Trinajstić information content (AvgIpc) is 2.66. The smallest absolute Gasteiger partial charge is 0.340 e. The van der Waals surface area contributed by atoms with E-state index >= 15 is 0 Å². The van der Waals surface area contributed by atoms with Crippen molar-refractivity contribution in [3.63, 3.8) is 0 Å². The van der Waals surface area contributed by atoms with Crippen LogP contribution in [0.1, 0.15) is 10.4 Å². The zero-order valence-electron chi connectivity index (χ0n) is 14.5. The van der Waals surface area contributed by atoms with Crippen molar-refractivity contribution in [2.24, 2.45) is 0 Å². The Balaban J connectivity index is 2.24. The minimum absolute atomic E-state index is 0.0203. The van der Waals surface area contributed by atoms with E-state index in [2.05, 4.69) is 20.0 Å². The summed E-state index contributed by atoms with van der Waals surface area (Å²) in [5, 5.41) is 1.59. The van der Waals surface area contributed by atoms with Gasteiger partial charge in [-0.1, -0.05) is 0 Å². The molecule has 27 heavy (non-hydrogen) atoms. The molecule has 0 spiro atoms. The number of esters is 1. The quantitative estimate of drug-likeness (QED) is 0.677. The van der Waals surface area contributed by atoms with E-state index in [0.717, 1.165) is 13.3 Å². The molecule has 2 amide bonds. The molecule has 0 unspecified atom stereocenters. The summed E-state index contributed by atoms with van der Waals surface area (Å²) in [5.41, 5.74) is -0.318. The molecule has 2 aromatic heterocycles. The Hall–Kier alpha value is -3.41. The van der Waals surface area contributed by atoms with Gasteiger partial charge >= 0.3 is 12.0 Å². The molecule has 2 N–H and O–H groups in total. The summed E-state index contributed by atoms with van der Waals surface area (Å²) in [5.74, 6) is -0.459. The third kappa shape index (κ3) is 4.82. The number of carbonyl (C=O) groups excluding carboxylic acids is 2. The van der Waals surface area contributed by atoms with E-state index in [9.17, 15) is 18.0 Å². The van der Waals surface area contributed by atoms with Crippen molar-refractivity contribution in [3.05, 3.63) is 36.0 Å². The number of pyridine rings is 2. The SMILES string of the molecule is COC(=O)c1cccnc1S(=O)(=O)NC(=O)Nc1cc(OC)cc(OC)n1. The number of hydrogen-bond acceptors (Lipinski definition) is 9. The molecule has 0 atom stereocenters. The minimum Gasteiger partial charge on any atom is -0.496 e. The predicted molar refractivity (Wildman–Crippen MR) is 92.3 cm³/mol. The zero-order valence-corrected chi connectivity index (χ0v) is 15.4. The van der Waals surface area contributed by atoms with Crippen LogP contribution in [0, 0.1) is 0 Å². The van der Waals surface area contributed by atoms with Gasteiger partial charge < -0.3 is 14.2 Å². The van der Waals surface area contributed by atoms with Gasteiger partial charge in [0.05, 0.1) is 26.9 Å². The molecular weight excluding hydrogens is 380 g/mol. The number of sulfonamides is 1. The van der Waals surface area contributed by atoms with Gasteiger partial charge in [0.1, 0.15) is 11.6 Å². The highest BCUT2D eigenvalue weighted by atomic mass is 32.2. The Morgan fingerprint density at radius 2 is 1.85 bits per heavy atom. The number of nitrogens with one attached hydrogen (secondary N) is 2. The first-order chi connectivity index (χ1) is 12.8. The molecule has 0 radical (unpaired) electrons. The lowest BCUT2D eigenvalue weighted by molar-refractivity contribution is 0.0595. The molecule has 0 fully saturated rings. The number of hydrogen-bond donors (Lipinski definition) is 2. The summed E-state index contributed by atoms with van der Waals surface area (Å²) in [6, 6.07) is 4.27. The van der Waals surface area contributed by atoms with Gasteiger partial charge in [-0.05, 0) is 12.1 Å². The van der Waals surface area contributed by atoms with Gasteiger partial charge in [-0.25, -0.2) is 19.3 Å². The third-order valence-electron chi connectivity index (χ3n) is 3.12. The Kier molecular flexibility index (Phi) is 6.13. The standard InChI is InChI=1S/C15H16N4O7S/c1-24-9-7-11(17-12(8-9)25-2)18-15(21)19-27(22,23)13-10(14(20)26-3)5-4-6-16-13/h4-8H,1-3H3,(H2,17,18,19,21). The fourth-order valence-corrected chi connectivity index (χ4v) is 2.98. The van der Waals surface area contributed by atoms with Gasteiger partial charge in [-0.2, -0.15) is 13.4 Å². The second-order valence-corrected chi connectivity index (χ2v) is 6.44. The summed E-state index contributed by atoms with van der Waals surface area (Å²) in [6.45, 7) is 0. The molecule has 0 aliphatic carbocycles. The summed E-state index contributed by atoms with van der Waals surface area (Å²) < 4.78 is 41.1. The third-order valence-corrected chi connectivity index (χ3v) is 4.41. The maximum atomic E-state index is 12.4. The summed E-state index contributed by atoms with van der Waals surface area (Å²) >= 11 is 0. The lowest BCUT2D eigenvalue weighted by atomic mass is 10.3. The summed E-state index contributed by atoms with van der Waals surface area (Å²) in [7, 11) is -0.602. The number of aromatic nitrogens is 2. The highest BCUT2D eigenvalue weighted by Crippen LogP contribution is 2.21. The van der Waals surface area contributed by atoms with Gasteiger partial charge in [-0.15, -0.1) is 0 Å². The Bertz CT molecular complexity index is 940. The first-order valence-electron chi connectivity index (χ1n) is 7.28. The van der Waals surface area contributed by atoms with Crippen LogP contribution < -0.4 is 19.5 Å². The number of amides is 2. The van der Waals surface area contributed by atoms with E-state index < -0.39 is 27.0 Å². The van der Waals surface area contributed by atoms with Gasteiger partial charge in [0.25, 0.3) is 10.0 Å². The van der Waals surface area contributed by atoms with Crippen molar-refractivity contribution in [1.82, 2.24) is 14.7 Å². The number of nitrogens with zero attached hydrogens (tertiary/aromatic N) is 2. The Morgan fingerprint density at radius 3 is 2.48 bits per heavy atom. The molecule has 0 bridgehead atoms. The van der Waals surface area contributed by atoms with Crippen molar-refractivity contribution in [2.45, 2.75) is 5.03 Å². The van der Waals surface area contributed by atoms with E-state index in [1.54, 1.807) is 4.72 Å². The van der Waals surface area contributed by atoms with E-state index in [1.807, 2.05) is 0 Å². The molecule has 0 aromatic carbocycles. The van der Waals surface area contributed by atoms with Crippen LogP contribution in [0.3, 0.4) is 0 Å². The molecule has 12 heteroatoms. The topological polar surface area (TPSA) is 146 Å². The minimum atomic E-state index is -4.46. The average molecular weight is 396 g/mol. The van der Waals surface area contributed by atoms with Crippen LogP contribution in [0.4, 0.5) is 10.6 Å². The molecule has 2 aromatic rings. The largest absolute Gasteiger partial charge is 0.496 e. The molecule has 0 saturated carbocycles. The van der Waals surface area contributed by atoms with E-state index in [-0.39, 0.29) is 17.3 Å². The molecule has 0 aliphatic rings. The van der Waals surface area contributed by atoms with E-state index in [4.69, 9.17) is 9.47 Å². The maximum absolute atomic E-state index is 12.4. The van der Waals surface area contributed by atoms with Crippen molar-refractivity contribution in [3.8, 4) is 11.6 Å². The van der Waals surface area contributed by atoms with Gasteiger partial charge in [0.15, 0.2) is 5.03 Å². The molecule has 144 valence electrons. The second kappa shape index (κ2) is 8.31. The van der Waals surface area contributed by atoms with E-state index in [0.29, 0.717) is 5.75 Å². The normalized spacial score (nSPS) is 10.6. The lowest BCUT2D eigenvalue weighted by Gasteiger charge is -2.11. The van der Waals surface area contributed by atoms with Crippen LogP contribution in [-0.4, -0.2) is 51.7 Å². The number of ether oxygens (including phenoxy) is 3. The predicted octanol–water partition coefficient (Wildman–Crippen LogP) is 0.791. The number of carbonyl (C=O) groups is 2. The van der Waals surface area contributed by atoms with Crippen LogP contribution in [0.5, 0.6) is 11.6 Å². The van der Waals surface area contributed by atoms with Crippen molar-refractivity contribution in [1.29, 1.82) is 0 Å². The number of rotatable bonds is 6. The van der Waals surface area contributed by atoms with Crippen LogP contribution in [0.2, 0.25) is 0 Å². The molecule has 2 heterocycles. The highest BCUT2D eigenvalue weighted by molar-refractivity contribution is 7.90. The van der Waals surface area contributed by atoms with Gasteiger partial charge in [-0.3, -0.25) is 5.32 Å². The molecular formula is C15H16N4O7S. The Morgan fingerprint density at radius 1 is 1.11 bits per heavy atom. The molecule has 2 rings (SSSR count). The zero-order chi connectivity index (χ0) is 20.0. The number of urea groups is 1. The van der Waals surface area contributed by atoms with Crippen molar-refractivity contribution < 1.29 is 32.2 Å². The molecule has 0 saturated heterocycles. The van der Waals surface area contributed by atoms with Crippen LogP contribution in [0.25, 0.3) is 0 Å². The van der Waals surface area contributed by atoms with Crippen LogP contribution in [-0.2, 0) is 14.8 Å². The van der Waals surface area contributed by atoms with Gasteiger partial charge in [0.2, 0.25) is 5.88 Å². The second-order valence-electron chi connectivity index (χ2n) is 4.84. The summed E-state index contributed by atoms with van der Waals surface area (Å²) in [6.07, 6.45) is 1.16. The number of anilines is 1. The fourth-order valence-electron chi connectivity index (χ4n) is 1.95. The lowest BCUT2D eigenvalue weighted by Crippen LogP contribution is -2.36. The first kappa shape index (κ1) is 19.9. The monoisotopic (exact) mass is 396 g/mol. The molecule has 0 aliphatic heterocycles. The fraction of sp³-hybridized carbons (Fsp3) is 0.200. The Labute approximate surface area is 154 Å². The van der Waals surface area contributed by atoms with Gasteiger partial charge in [0, 0.05) is 18.3 Å². The summed E-state index contributed by atoms with van der Waals surface area (Å²) in [4.78, 5) is 31.4. The molecule has 11 nitrogen and oxygen atoms in total. The van der Waals surface area contributed by atoms with Crippen LogP contribution >= 0.6 is 0 Å². The van der Waals surface area contributed by atoms with Crippen molar-refractivity contribution in [2.75, 3.05) is 26.6 Å². The number of methoxy groups -OCH3 is 3. The highest BCUT2D eigenvalue weighted by Gasteiger charge is 2.26. The van der Waals surface area contributed by atoms with Crippen molar-refractivity contribution >= 4 is 27.8 Å². The van der Waals surface area contributed by atoms with Crippen LogP contribution in [0.15, 0.2) is 35.5 Å². The maximum Gasteiger partial charge on any atom is 0.340 e.